The van der Waals surface area contributed by atoms with Crippen LogP contribution in [0.3, 0.4) is 0 Å². The van der Waals surface area contributed by atoms with Crippen LogP contribution in [0, 0.1) is 17.0 Å². The lowest BCUT2D eigenvalue weighted by Gasteiger charge is -2.34. The van der Waals surface area contributed by atoms with Crippen LogP contribution in [0.5, 0.6) is 0 Å². The molecule has 2 aliphatic rings. The molecule has 1 saturated heterocycles. The lowest BCUT2D eigenvalue weighted by atomic mass is 9.97. The number of rotatable bonds is 3. The summed E-state index contributed by atoms with van der Waals surface area (Å²) in [7, 11) is 0. The van der Waals surface area contributed by atoms with Gasteiger partial charge >= 0.3 is 11.8 Å². The van der Waals surface area contributed by atoms with Gasteiger partial charge in [-0.05, 0) is 33.2 Å². The third-order valence-electron chi connectivity index (χ3n) is 4.81. The van der Waals surface area contributed by atoms with Crippen LogP contribution >= 0.6 is 0 Å². The largest absolute Gasteiger partial charge is 0.335 e. The van der Waals surface area contributed by atoms with Crippen molar-refractivity contribution in [2.75, 3.05) is 11.9 Å². The minimum atomic E-state index is -0.872. The molecule has 8 heteroatoms. The van der Waals surface area contributed by atoms with E-state index in [1.165, 1.54) is 12.5 Å². The molecule has 1 fully saturated rings. The first-order valence-electron chi connectivity index (χ1n) is 8.00. The van der Waals surface area contributed by atoms with Crippen molar-refractivity contribution in [2.45, 2.75) is 45.7 Å². The third-order valence-corrected chi connectivity index (χ3v) is 4.81. The molecule has 0 saturated carbocycles. The van der Waals surface area contributed by atoms with Gasteiger partial charge in [-0.2, -0.15) is 0 Å². The molecule has 2 amide bonds. The molecular formula is C16H19N4O4. The van der Waals surface area contributed by atoms with E-state index in [1.54, 1.807) is 6.92 Å². The van der Waals surface area contributed by atoms with Gasteiger partial charge in [-0.3, -0.25) is 24.6 Å². The van der Waals surface area contributed by atoms with Crippen LogP contribution in [0.2, 0.25) is 0 Å². The Bertz CT molecular complexity index is 731. The van der Waals surface area contributed by atoms with E-state index in [0.29, 0.717) is 29.4 Å². The summed E-state index contributed by atoms with van der Waals surface area (Å²) in [6.45, 7) is 5.17. The van der Waals surface area contributed by atoms with Crippen LogP contribution in [0.15, 0.2) is 6.07 Å². The second kappa shape index (κ2) is 6.20. The number of anilines is 1. The molecule has 3 rings (SSSR count). The number of likely N-dealkylation sites (tertiary alicyclic amines) is 1. The van der Waals surface area contributed by atoms with Crippen LogP contribution in [0.4, 0.5) is 17.1 Å². The Kier molecular flexibility index (Phi) is 4.23. The molecule has 1 radical (unpaired) electrons. The summed E-state index contributed by atoms with van der Waals surface area (Å²) in [5.41, 5.74) is 1.64. The van der Waals surface area contributed by atoms with E-state index in [4.69, 9.17) is 0 Å². The maximum atomic E-state index is 11.7. The molecule has 0 bridgehead atoms. The first-order chi connectivity index (χ1) is 11.4. The Morgan fingerprint density at radius 1 is 1.42 bits per heavy atom. The van der Waals surface area contributed by atoms with E-state index in [1.807, 2.05) is 0 Å². The number of nitro benzene ring substituents is 1. The van der Waals surface area contributed by atoms with Crippen molar-refractivity contribution in [1.29, 1.82) is 0 Å². The van der Waals surface area contributed by atoms with Crippen molar-refractivity contribution >= 4 is 28.9 Å². The van der Waals surface area contributed by atoms with Gasteiger partial charge in [0.2, 0.25) is 0 Å². The minimum absolute atomic E-state index is 0.0711. The second-order valence-electron chi connectivity index (χ2n) is 6.34. The lowest BCUT2D eigenvalue weighted by molar-refractivity contribution is -0.385. The van der Waals surface area contributed by atoms with Crippen molar-refractivity contribution in [3.05, 3.63) is 27.3 Å². The maximum absolute atomic E-state index is 11.7. The fraction of sp³-hybridized carbons (Fsp3) is 0.500. The Labute approximate surface area is 139 Å². The normalized spacial score (nSPS) is 21.0. The Balaban J connectivity index is 2.07. The predicted octanol–water partition coefficient (Wildman–Crippen LogP) is 1.99. The van der Waals surface area contributed by atoms with Gasteiger partial charge in [0.15, 0.2) is 0 Å². The smallest absolute Gasteiger partial charge is 0.316 e. The van der Waals surface area contributed by atoms with Gasteiger partial charge in [-0.25, -0.2) is 5.32 Å². The number of carbonyl (C=O) groups is 2. The van der Waals surface area contributed by atoms with Crippen LogP contribution < -0.4 is 10.6 Å². The van der Waals surface area contributed by atoms with Gasteiger partial charge in [0.05, 0.1) is 16.3 Å². The summed E-state index contributed by atoms with van der Waals surface area (Å²) in [5.74, 6) is -1.73. The van der Waals surface area contributed by atoms with E-state index in [9.17, 15) is 19.7 Å². The quantitative estimate of drug-likeness (QED) is 0.518. The molecule has 1 unspecified atom stereocenters. The molecular weight excluding hydrogens is 312 g/mol. The number of nitrogens with zero attached hydrogens (tertiary/aromatic N) is 3. The first kappa shape index (κ1) is 16.4. The van der Waals surface area contributed by atoms with E-state index >= 15 is 0 Å². The lowest BCUT2D eigenvalue weighted by Crippen LogP contribution is -2.38. The molecule has 2 aliphatic heterocycles. The Hall–Kier alpha value is -2.48. The summed E-state index contributed by atoms with van der Waals surface area (Å²) in [5, 5.41) is 17.6. The number of fused-ring (bicyclic) bond motifs is 1. The molecule has 127 valence electrons. The van der Waals surface area contributed by atoms with Gasteiger partial charge in [0.25, 0.3) is 5.69 Å². The van der Waals surface area contributed by atoms with Crippen LogP contribution in [-0.2, 0) is 16.1 Å². The molecule has 0 aromatic heterocycles. The fourth-order valence-electron chi connectivity index (χ4n) is 3.34. The zero-order valence-corrected chi connectivity index (χ0v) is 13.7. The molecule has 1 aromatic carbocycles. The number of piperidine rings is 1. The highest BCUT2D eigenvalue weighted by molar-refractivity contribution is 6.42. The molecule has 1 N–H and O–H groups in total. The van der Waals surface area contributed by atoms with Crippen molar-refractivity contribution in [3.8, 4) is 0 Å². The molecule has 0 spiro atoms. The summed E-state index contributed by atoms with van der Waals surface area (Å²) in [6.07, 6.45) is 3.32. The van der Waals surface area contributed by atoms with E-state index < -0.39 is 16.7 Å². The van der Waals surface area contributed by atoms with Gasteiger partial charge < -0.3 is 5.32 Å². The van der Waals surface area contributed by atoms with Crippen molar-refractivity contribution in [2.24, 2.45) is 0 Å². The maximum Gasteiger partial charge on any atom is 0.335 e. The number of amides is 2. The molecule has 24 heavy (non-hydrogen) atoms. The van der Waals surface area contributed by atoms with Crippen molar-refractivity contribution in [3.63, 3.8) is 0 Å². The highest BCUT2D eigenvalue weighted by Gasteiger charge is 2.32. The number of hydrogen-bond acceptors (Lipinski definition) is 5. The Morgan fingerprint density at radius 2 is 2.17 bits per heavy atom. The van der Waals surface area contributed by atoms with E-state index in [-0.39, 0.29) is 11.4 Å². The van der Waals surface area contributed by atoms with Gasteiger partial charge in [-0.1, -0.05) is 6.42 Å². The zero-order valence-electron chi connectivity index (χ0n) is 13.7. The molecule has 1 aromatic rings. The van der Waals surface area contributed by atoms with Gasteiger partial charge in [0.1, 0.15) is 0 Å². The van der Waals surface area contributed by atoms with E-state index in [2.05, 4.69) is 22.5 Å². The van der Waals surface area contributed by atoms with Crippen LogP contribution in [-0.4, -0.2) is 34.2 Å². The number of nitrogens with one attached hydrogen (secondary N) is 1. The number of hydrogen-bond donors (Lipinski definition) is 1. The molecule has 1 atom stereocenters. The van der Waals surface area contributed by atoms with Crippen molar-refractivity contribution in [1.82, 2.24) is 10.2 Å². The Morgan fingerprint density at radius 3 is 2.83 bits per heavy atom. The second-order valence-corrected chi connectivity index (χ2v) is 6.34. The highest BCUT2D eigenvalue weighted by atomic mass is 16.6. The summed E-state index contributed by atoms with van der Waals surface area (Å²) in [6, 6.07) is 1.64. The van der Waals surface area contributed by atoms with E-state index in [0.717, 1.165) is 19.4 Å². The minimum Gasteiger partial charge on any atom is -0.316 e. The predicted molar refractivity (Wildman–Crippen MR) is 87.0 cm³/mol. The van der Waals surface area contributed by atoms with Gasteiger partial charge in [0, 0.05) is 29.8 Å². The van der Waals surface area contributed by atoms with Crippen LogP contribution in [0.25, 0.3) is 0 Å². The number of carbonyl (C=O) groups excluding carboxylic acids is 2. The van der Waals surface area contributed by atoms with Crippen molar-refractivity contribution < 1.29 is 14.5 Å². The summed E-state index contributed by atoms with van der Waals surface area (Å²) >= 11 is 0. The first-order valence-corrected chi connectivity index (χ1v) is 8.00. The number of benzene rings is 1. The van der Waals surface area contributed by atoms with Crippen LogP contribution in [0.1, 0.15) is 37.3 Å². The average Bonchev–Trinajstić information content (AvgIpc) is 2.53. The summed E-state index contributed by atoms with van der Waals surface area (Å²) in [4.78, 5) is 36.3. The standard InChI is InChI=1S/C16H19N4O4/c1-9-5-3-4-6-19(9)8-11-10(2)13(20(23)24)7-12-14(11)18-16(22)15(21)17-12/h7,9H,3-6,8H2,1-2H3,(H,17,21). The zero-order chi connectivity index (χ0) is 17.4. The summed E-state index contributed by atoms with van der Waals surface area (Å²) < 4.78 is 0. The fourth-order valence-corrected chi connectivity index (χ4v) is 3.34. The SMILES string of the molecule is Cc1c([N+](=O)[O-])cc2c(c1CN1CCCCC1C)[N]C(=O)C(=O)N2. The monoisotopic (exact) mass is 331 g/mol. The highest BCUT2D eigenvalue weighted by Crippen LogP contribution is 2.39. The number of nitro groups is 1. The average molecular weight is 331 g/mol. The molecule has 2 heterocycles. The molecule has 0 aliphatic carbocycles. The topological polar surface area (TPSA) is 107 Å². The third kappa shape index (κ3) is 2.84. The molecule has 8 nitrogen and oxygen atoms in total. The van der Waals surface area contributed by atoms with Gasteiger partial charge in [-0.15, -0.1) is 0 Å².